The number of rotatable bonds is 5. The molecule has 0 aliphatic carbocycles. The van der Waals surface area contributed by atoms with E-state index in [1.807, 2.05) is 0 Å². The lowest BCUT2D eigenvalue weighted by Crippen LogP contribution is -2.35. The highest BCUT2D eigenvalue weighted by atomic mass is 79.9. The fourth-order valence-corrected chi connectivity index (χ4v) is 2.92. The molecule has 0 aliphatic heterocycles. The molecule has 0 aromatic heterocycles. The number of nitrogens with two attached hydrogens (primary N) is 1. The molecule has 0 radical (unpaired) electrons. The predicted octanol–water partition coefficient (Wildman–Crippen LogP) is 1.87. The summed E-state index contributed by atoms with van der Waals surface area (Å²) in [6.45, 7) is 1.43. The minimum absolute atomic E-state index is 0.0819. The second-order valence-electron chi connectivity index (χ2n) is 3.54. The normalized spacial score (nSPS) is 12.8. The van der Waals surface area contributed by atoms with E-state index in [9.17, 15) is 8.42 Å². The van der Waals surface area contributed by atoms with Gasteiger partial charge in [0, 0.05) is 10.5 Å². The molecule has 1 unspecified atom stereocenters. The van der Waals surface area contributed by atoms with Crippen molar-refractivity contribution < 1.29 is 13.2 Å². The van der Waals surface area contributed by atoms with Gasteiger partial charge in [0.05, 0.1) is 17.8 Å². The van der Waals surface area contributed by atoms with Crippen LogP contribution in [0, 0.1) is 0 Å². The summed E-state index contributed by atoms with van der Waals surface area (Å²) in [5, 5.41) is -0.953. The van der Waals surface area contributed by atoms with Gasteiger partial charge in [0.25, 0.3) is 0 Å². The Bertz CT molecular complexity index is 560. The number of hydrogen-bond acceptors (Lipinski definition) is 4. The molecule has 0 saturated heterocycles. The molecule has 0 amide bonds. The van der Waals surface area contributed by atoms with Crippen LogP contribution in [-0.4, -0.2) is 25.8 Å². The van der Waals surface area contributed by atoms with E-state index in [4.69, 9.17) is 10.5 Å². The molecule has 0 heterocycles. The fraction of sp³-hybridized carbons (Fsp3) is 0.300. The SMILES string of the molecule is COc1ccc(Br)c(NS(=O)(=O)C(C)C(N)=S)c1. The van der Waals surface area contributed by atoms with Gasteiger partial charge in [-0.05, 0) is 35.0 Å². The first kappa shape index (κ1) is 15.2. The van der Waals surface area contributed by atoms with Crippen molar-refractivity contribution in [3.63, 3.8) is 0 Å². The number of sulfonamides is 1. The first-order chi connectivity index (χ1) is 8.27. The van der Waals surface area contributed by atoms with Crippen molar-refractivity contribution in [2.45, 2.75) is 12.2 Å². The van der Waals surface area contributed by atoms with Crippen LogP contribution in [0.15, 0.2) is 22.7 Å². The van der Waals surface area contributed by atoms with Crippen molar-refractivity contribution in [3.05, 3.63) is 22.7 Å². The fourth-order valence-electron chi connectivity index (χ4n) is 1.10. The molecular formula is C10H13BrN2O3S2. The standard InChI is InChI=1S/C10H13BrN2O3S2/c1-6(10(12)17)18(14,15)13-9-5-7(16-2)3-4-8(9)11/h3-6,13H,1-2H3,(H2,12,17). The number of anilines is 1. The van der Waals surface area contributed by atoms with Crippen molar-refractivity contribution in [2.24, 2.45) is 5.73 Å². The number of ether oxygens (including phenoxy) is 1. The summed E-state index contributed by atoms with van der Waals surface area (Å²) >= 11 is 7.94. The molecule has 100 valence electrons. The maximum atomic E-state index is 12.0. The zero-order valence-corrected chi connectivity index (χ0v) is 13.0. The molecule has 18 heavy (non-hydrogen) atoms. The van der Waals surface area contributed by atoms with Crippen molar-refractivity contribution in [1.29, 1.82) is 0 Å². The number of hydrogen-bond donors (Lipinski definition) is 2. The van der Waals surface area contributed by atoms with E-state index >= 15 is 0 Å². The van der Waals surface area contributed by atoms with Gasteiger partial charge in [-0.3, -0.25) is 4.72 Å². The molecule has 0 bridgehead atoms. The second kappa shape index (κ2) is 5.85. The Morgan fingerprint density at radius 1 is 1.56 bits per heavy atom. The van der Waals surface area contributed by atoms with E-state index in [1.165, 1.54) is 14.0 Å². The Morgan fingerprint density at radius 3 is 2.67 bits per heavy atom. The number of methoxy groups -OCH3 is 1. The molecule has 8 heteroatoms. The summed E-state index contributed by atoms with van der Waals surface area (Å²) in [6.07, 6.45) is 0. The Labute approximate surface area is 120 Å². The number of halogens is 1. The Hall–Kier alpha value is -0.860. The molecule has 1 aromatic carbocycles. The minimum Gasteiger partial charge on any atom is -0.497 e. The van der Waals surface area contributed by atoms with E-state index in [2.05, 4.69) is 32.9 Å². The molecule has 0 spiro atoms. The summed E-state index contributed by atoms with van der Waals surface area (Å²) in [4.78, 5) is -0.0819. The van der Waals surface area contributed by atoms with Crippen LogP contribution in [0.3, 0.4) is 0 Å². The van der Waals surface area contributed by atoms with Crippen LogP contribution < -0.4 is 15.2 Å². The number of thiocarbonyl (C=S) groups is 1. The van der Waals surface area contributed by atoms with Gasteiger partial charge in [-0.15, -0.1) is 0 Å². The molecule has 1 atom stereocenters. The summed E-state index contributed by atoms with van der Waals surface area (Å²) in [5.74, 6) is 0.541. The van der Waals surface area contributed by atoms with Crippen LogP contribution >= 0.6 is 28.1 Å². The Balaban J connectivity index is 3.07. The minimum atomic E-state index is -3.66. The van der Waals surface area contributed by atoms with Crippen LogP contribution in [0.25, 0.3) is 0 Å². The van der Waals surface area contributed by atoms with E-state index < -0.39 is 15.3 Å². The van der Waals surface area contributed by atoms with Gasteiger partial charge in [0.2, 0.25) is 10.0 Å². The van der Waals surface area contributed by atoms with E-state index in [0.717, 1.165) is 0 Å². The van der Waals surface area contributed by atoms with Gasteiger partial charge in [0.15, 0.2) is 0 Å². The van der Waals surface area contributed by atoms with E-state index in [1.54, 1.807) is 18.2 Å². The van der Waals surface area contributed by atoms with Crippen molar-refractivity contribution in [2.75, 3.05) is 11.8 Å². The molecule has 5 nitrogen and oxygen atoms in total. The molecule has 1 rings (SSSR count). The zero-order chi connectivity index (χ0) is 13.9. The van der Waals surface area contributed by atoms with E-state index in [0.29, 0.717) is 15.9 Å². The lowest BCUT2D eigenvalue weighted by molar-refractivity contribution is 0.415. The third kappa shape index (κ3) is 3.56. The zero-order valence-electron chi connectivity index (χ0n) is 9.81. The molecule has 0 saturated carbocycles. The average Bonchev–Trinajstić information content (AvgIpc) is 2.30. The van der Waals surface area contributed by atoms with E-state index in [-0.39, 0.29) is 4.99 Å². The van der Waals surface area contributed by atoms with Crippen LogP contribution in [-0.2, 0) is 10.0 Å². The van der Waals surface area contributed by atoms with Crippen LogP contribution in [0.2, 0.25) is 0 Å². The lowest BCUT2D eigenvalue weighted by atomic mass is 10.3. The van der Waals surface area contributed by atoms with Gasteiger partial charge in [0.1, 0.15) is 11.0 Å². The maximum Gasteiger partial charge on any atom is 0.241 e. The predicted molar refractivity (Wildman–Crippen MR) is 79.5 cm³/mol. The number of benzene rings is 1. The summed E-state index contributed by atoms with van der Waals surface area (Å²) < 4.78 is 32.0. The third-order valence-corrected chi connectivity index (χ3v) is 5.18. The third-order valence-electron chi connectivity index (χ3n) is 2.29. The van der Waals surface area contributed by atoms with Crippen LogP contribution in [0.1, 0.15) is 6.92 Å². The van der Waals surface area contributed by atoms with Crippen LogP contribution in [0.5, 0.6) is 5.75 Å². The molecule has 1 aromatic rings. The van der Waals surface area contributed by atoms with Crippen molar-refractivity contribution in [3.8, 4) is 5.75 Å². The smallest absolute Gasteiger partial charge is 0.241 e. The summed E-state index contributed by atoms with van der Waals surface area (Å²) in [5.41, 5.74) is 5.72. The summed E-state index contributed by atoms with van der Waals surface area (Å²) in [7, 11) is -2.16. The summed E-state index contributed by atoms with van der Waals surface area (Å²) in [6, 6.07) is 4.95. The maximum absolute atomic E-state index is 12.0. The Kier molecular flexibility index (Phi) is 4.94. The first-order valence-corrected chi connectivity index (χ1v) is 7.67. The van der Waals surface area contributed by atoms with Crippen molar-refractivity contribution >= 4 is 48.8 Å². The van der Waals surface area contributed by atoms with Gasteiger partial charge in [-0.25, -0.2) is 8.42 Å². The topological polar surface area (TPSA) is 81.4 Å². The quantitative estimate of drug-likeness (QED) is 0.790. The Morgan fingerprint density at radius 2 is 2.17 bits per heavy atom. The van der Waals surface area contributed by atoms with Gasteiger partial charge in [-0.2, -0.15) is 0 Å². The molecule has 3 N–H and O–H groups in total. The molecule has 0 aliphatic rings. The molecule has 0 fully saturated rings. The largest absolute Gasteiger partial charge is 0.497 e. The first-order valence-electron chi connectivity index (χ1n) is 4.92. The highest BCUT2D eigenvalue weighted by Gasteiger charge is 2.24. The van der Waals surface area contributed by atoms with Gasteiger partial charge in [-0.1, -0.05) is 12.2 Å². The molecular weight excluding hydrogens is 340 g/mol. The van der Waals surface area contributed by atoms with Crippen molar-refractivity contribution in [1.82, 2.24) is 0 Å². The van der Waals surface area contributed by atoms with Gasteiger partial charge < -0.3 is 10.5 Å². The highest BCUT2D eigenvalue weighted by molar-refractivity contribution is 9.10. The lowest BCUT2D eigenvalue weighted by Gasteiger charge is -2.15. The van der Waals surface area contributed by atoms with Gasteiger partial charge >= 0.3 is 0 Å². The highest BCUT2D eigenvalue weighted by Crippen LogP contribution is 2.28. The second-order valence-corrected chi connectivity index (χ2v) is 6.86. The number of nitrogens with one attached hydrogen (secondary N) is 1. The van der Waals surface area contributed by atoms with Crippen LogP contribution in [0.4, 0.5) is 5.69 Å². The monoisotopic (exact) mass is 352 g/mol. The average molecular weight is 353 g/mol.